The van der Waals surface area contributed by atoms with Gasteiger partial charge in [0.2, 0.25) is 0 Å². The van der Waals surface area contributed by atoms with Crippen LogP contribution in [0.5, 0.6) is 0 Å². The van der Waals surface area contributed by atoms with Crippen molar-refractivity contribution in [2.45, 2.75) is 45.6 Å². The molecule has 3 aromatic rings. The van der Waals surface area contributed by atoms with Crippen molar-refractivity contribution >= 4 is 46.0 Å². The van der Waals surface area contributed by atoms with Gasteiger partial charge in [-0.3, -0.25) is 9.59 Å². The predicted molar refractivity (Wildman–Crippen MR) is 130 cm³/mol. The molecule has 0 bridgehead atoms. The topological polar surface area (TPSA) is 81.4 Å². The zero-order valence-electron chi connectivity index (χ0n) is 18.8. The number of hydrogen-bond acceptors (Lipinski definition) is 4. The van der Waals surface area contributed by atoms with Crippen molar-refractivity contribution in [2.75, 3.05) is 6.61 Å². The molecule has 8 heteroatoms. The summed E-state index contributed by atoms with van der Waals surface area (Å²) < 4.78 is 7.69. The first-order valence-corrected chi connectivity index (χ1v) is 11.7. The van der Waals surface area contributed by atoms with Crippen molar-refractivity contribution in [3.8, 4) is 0 Å². The van der Waals surface area contributed by atoms with Crippen molar-refractivity contribution in [1.29, 1.82) is 0 Å². The van der Waals surface area contributed by atoms with E-state index in [-0.39, 0.29) is 24.5 Å². The minimum absolute atomic E-state index is 0.0538. The molecule has 0 aliphatic heterocycles. The monoisotopic (exact) mass is 490 g/mol. The molecule has 176 valence electrons. The molecule has 0 aliphatic carbocycles. The van der Waals surface area contributed by atoms with Crippen LogP contribution in [0.2, 0.25) is 10.0 Å². The van der Waals surface area contributed by atoms with Crippen molar-refractivity contribution in [2.24, 2.45) is 13.0 Å². The number of ether oxygens (including phenoxy) is 1. The summed E-state index contributed by atoms with van der Waals surface area (Å²) in [5.74, 6) is -1.28. The van der Waals surface area contributed by atoms with Gasteiger partial charge in [0, 0.05) is 54.4 Å². The Morgan fingerprint density at radius 3 is 2.70 bits per heavy atom. The van der Waals surface area contributed by atoms with Crippen LogP contribution in [-0.2, 0) is 29.6 Å². The predicted octanol–water partition coefficient (Wildman–Crippen LogP) is 6.10. The molecule has 1 atom stereocenters. The largest absolute Gasteiger partial charge is 0.481 e. The number of pyridine rings is 1. The minimum atomic E-state index is -0.911. The van der Waals surface area contributed by atoms with Crippen LogP contribution in [-0.4, -0.2) is 33.0 Å². The van der Waals surface area contributed by atoms with E-state index in [4.69, 9.17) is 33.0 Å². The maximum absolute atomic E-state index is 13.2. The maximum Gasteiger partial charge on any atom is 0.303 e. The number of halogens is 2. The number of carbonyl (C=O) groups excluding carboxylic acids is 1. The van der Waals surface area contributed by atoms with Crippen LogP contribution in [0.15, 0.2) is 36.5 Å². The van der Waals surface area contributed by atoms with Gasteiger partial charge in [0.1, 0.15) is 5.65 Å². The minimum Gasteiger partial charge on any atom is -0.481 e. The number of rotatable bonds is 12. The first-order valence-electron chi connectivity index (χ1n) is 11.0. The molecule has 33 heavy (non-hydrogen) atoms. The van der Waals surface area contributed by atoms with E-state index in [2.05, 4.69) is 4.98 Å². The van der Waals surface area contributed by atoms with Crippen molar-refractivity contribution in [3.05, 3.63) is 63.4 Å². The first-order chi connectivity index (χ1) is 15.8. The number of unbranched alkanes of at least 4 members (excludes halogenated alkanes) is 1. The molecule has 0 fully saturated rings. The molecular weight excluding hydrogens is 463 g/mol. The first kappa shape index (κ1) is 25.2. The summed E-state index contributed by atoms with van der Waals surface area (Å²) in [5, 5.41) is 10.9. The third kappa shape index (κ3) is 6.56. The molecule has 1 N–H and O–H groups in total. The van der Waals surface area contributed by atoms with E-state index in [0.29, 0.717) is 46.3 Å². The Morgan fingerprint density at radius 2 is 1.97 bits per heavy atom. The quantitative estimate of drug-likeness (QED) is 0.245. The normalized spacial score (nSPS) is 12.2. The second-order valence-electron chi connectivity index (χ2n) is 8.34. The van der Waals surface area contributed by atoms with E-state index in [1.807, 2.05) is 35.9 Å². The molecule has 2 heterocycles. The Kier molecular flexibility index (Phi) is 8.89. The molecule has 0 spiro atoms. The summed E-state index contributed by atoms with van der Waals surface area (Å²) >= 11 is 12.5. The number of Topliss-reactive ketones (excluding diaryl/α,β-unsaturated/α-hetero) is 1. The number of nitrogens with zero attached hydrogens (tertiary/aromatic N) is 2. The van der Waals surface area contributed by atoms with Crippen molar-refractivity contribution < 1.29 is 19.4 Å². The second-order valence-corrected chi connectivity index (χ2v) is 9.19. The molecule has 0 unspecified atom stereocenters. The molecule has 6 nitrogen and oxygen atoms in total. The van der Waals surface area contributed by atoms with E-state index in [1.165, 1.54) is 0 Å². The Bertz CT molecular complexity index is 1140. The van der Waals surface area contributed by atoms with Crippen LogP contribution in [0.3, 0.4) is 0 Å². The smallest absolute Gasteiger partial charge is 0.303 e. The summed E-state index contributed by atoms with van der Waals surface area (Å²) in [7, 11) is 1.88. The van der Waals surface area contributed by atoms with Gasteiger partial charge in [0.05, 0.1) is 11.6 Å². The van der Waals surface area contributed by atoms with Crippen LogP contribution >= 0.6 is 23.2 Å². The fourth-order valence-electron chi connectivity index (χ4n) is 4.05. The van der Waals surface area contributed by atoms with E-state index >= 15 is 0 Å². The zero-order valence-corrected chi connectivity index (χ0v) is 20.3. The summed E-state index contributed by atoms with van der Waals surface area (Å²) in [6, 6.07) is 9.26. The molecule has 2 aromatic heterocycles. The van der Waals surface area contributed by atoms with Gasteiger partial charge in [-0.05, 0) is 48.9 Å². The van der Waals surface area contributed by atoms with Crippen LogP contribution in [0.25, 0.3) is 11.0 Å². The standard InChI is InChI=1S/C25H28Cl2N2O4/c1-16(13-22(31)32)12-21(30)24-20(29(2)25-23(24)19(27)9-10-28-25)8-3-4-11-33-15-17-6-5-7-18(26)14-17/h5-7,9-10,14,16H,3-4,8,11-13,15H2,1-2H3,(H,31,32)/t16-/m0/s1. The average molecular weight is 491 g/mol. The Hall–Kier alpha value is -2.41. The summed E-state index contributed by atoms with van der Waals surface area (Å²) in [4.78, 5) is 28.7. The van der Waals surface area contributed by atoms with E-state index in [1.54, 1.807) is 19.2 Å². The van der Waals surface area contributed by atoms with Gasteiger partial charge in [-0.1, -0.05) is 42.3 Å². The fraction of sp³-hybridized carbons (Fsp3) is 0.400. The number of aliphatic carboxylic acids is 1. The van der Waals surface area contributed by atoms with E-state index in [9.17, 15) is 9.59 Å². The number of carbonyl (C=O) groups is 2. The Labute approximate surface area is 203 Å². The van der Waals surface area contributed by atoms with Crippen LogP contribution in [0, 0.1) is 5.92 Å². The number of aryl methyl sites for hydroxylation is 1. The molecule has 0 aliphatic rings. The van der Waals surface area contributed by atoms with Crippen LogP contribution in [0.4, 0.5) is 0 Å². The highest BCUT2D eigenvalue weighted by Crippen LogP contribution is 2.32. The third-order valence-electron chi connectivity index (χ3n) is 5.59. The van der Waals surface area contributed by atoms with Gasteiger partial charge in [-0.25, -0.2) is 4.98 Å². The fourth-order valence-corrected chi connectivity index (χ4v) is 4.50. The molecule has 0 radical (unpaired) electrons. The highest BCUT2D eigenvalue weighted by molar-refractivity contribution is 6.36. The highest BCUT2D eigenvalue weighted by Gasteiger charge is 2.25. The Morgan fingerprint density at radius 1 is 1.18 bits per heavy atom. The molecule has 0 saturated heterocycles. The van der Waals surface area contributed by atoms with Crippen LogP contribution in [0.1, 0.15) is 54.2 Å². The van der Waals surface area contributed by atoms with Gasteiger partial charge in [-0.2, -0.15) is 0 Å². The average Bonchev–Trinajstić information content (AvgIpc) is 3.03. The van der Waals surface area contributed by atoms with Crippen molar-refractivity contribution in [1.82, 2.24) is 9.55 Å². The lowest BCUT2D eigenvalue weighted by atomic mass is 9.94. The number of ketones is 1. The number of carboxylic acid groups (broad SMARTS) is 1. The number of hydrogen-bond donors (Lipinski definition) is 1. The molecule has 3 rings (SSSR count). The lowest BCUT2D eigenvalue weighted by Crippen LogP contribution is -2.12. The highest BCUT2D eigenvalue weighted by atomic mass is 35.5. The van der Waals surface area contributed by atoms with Gasteiger partial charge >= 0.3 is 5.97 Å². The van der Waals surface area contributed by atoms with Gasteiger partial charge in [-0.15, -0.1) is 0 Å². The molecule has 0 saturated carbocycles. The summed E-state index contributed by atoms with van der Waals surface area (Å²) in [5.41, 5.74) is 3.11. The lowest BCUT2D eigenvalue weighted by molar-refractivity contribution is -0.137. The number of benzene rings is 1. The zero-order chi connectivity index (χ0) is 24.0. The van der Waals surface area contributed by atoms with Crippen LogP contribution < -0.4 is 0 Å². The van der Waals surface area contributed by atoms with E-state index in [0.717, 1.165) is 24.1 Å². The SMILES string of the molecule is C[C@H](CC(=O)O)CC(=O)c1c(CCCCOCc2cccc(Cl)c2)n(C)c2nccc(Cl)c12. The number of fused-ring (bicyclic) bond motifs is 1. The third-order valence-corrected chi connectivity index (χ3v) is 6.14. The molecule has 0 amide bonds. The van der Waals surface area contributed by atoms with Gasteiger partial charge in [0.15, 0.2) is 5.78 Å². The number of carboxylic acids is 1. The van der Waals surface area contributed by atoms with Gasteiger partial charge in [0.25, 0.3) is 0 Å². The van der Waals surface area contributed by atoms with Crippen molar-refractivity contribution in [3.63, 3.8) is 0 Å². The van der Waals surface area contributed by atoms with E-state index < -0.39 is 5.97 Å². The molecule has 1 aromatic carbocycles. The lowest BCUT2D eigenvalue weighted by Gasteiger charge is -2.11. The summed E-state index contributed by atoms with van der Waals surface area (Å²) in [6.07, 6.45) is 4.03. The van der Waals surface area contributed by atoms with Gasteiger partial charge < -0.3 is 14.4 Å². The maximum atomic E-state index is 13.2. The molecular formula is C25H28Cl2N2O4. The Balaban J connectivity index is 1.69. The second kappa shape index (κ2) is 11.6. The number of aromatic nitrogens is 2. The summed E-state index contributed by atoms with van der Waals surface area (Å²) in [6.45, 7) is 2.86.